The fourth-order valence-corrected chi connectivity index (χ4v) is 6.33. The largest absolute Gasteiger partial charge is 0.450 e. The van der Waals surface area contributed by atoms with Gasteiger partial charge in [0.1, 0.15) is 0 Å². The number of rotatable bonds is 4. The molecule has 0 aliphatic carbocycles. The van der Waals surface area contributed by atoms with Gasteiger partial charge in [0.15, 0.2) is 0 Å². The Hall–Kier alpha value is -3.39. The topological polar surface area (TPSA) is 96.2 Å². The van der Waals surface area contributed by atoms with Crippen molar-refractivity contribution in [2.75, 3.05) is 44.2 Å². The second-order valence-corrected chi connectivity index (χ2v) is 10.5. The highest BCUT2D eigenvalue weighted by Crippen LogP contribution is 2.48. The Morgan fingerprint density at radius 2 is 1.65 bits per heavy atom. The van der Waals surface area contributed by atoms with Crippen molar-refractivity contribution in [2.24, 2.45) is 5.73 Å². The van der Waals surface area contributed by atoms with E-state index >= 15 is 0 Å². The van der Waals surface area contributed by atoms with Gasteiger partial charge >= 0.3 is 6.09 Å². The first-order valence-corrected chi connectivity index (χ1v) is 13.3. The van der Waals surface area contributed by atoms with Gasteiger partial charge < -0.3 is 25.2 Å². The van der Waals surface area contributed by atoms with Gasteiger partial charge in [0.05, 0.1) is 6.61 Å². The van der Waals surface area contributed by atoms with Crippen LogP contribution in [0, 0.1) is 0 Å². The summed E-state index contributed by atoms with van der Waals surface area (Å²) in [6, 6.07) is 14.2. The third-order valence-electron chi connectivity index (χ3n) is 8.46. The lowest BCUT2D eigenvalue weighted by Gasteiger charge is -2.45. The molecule has 3 aliphatic rings. The molecular weight excluding hydrogens is 468 g/mol. The molecule has 3 heterocycles. The summed E-state index contributed by atoms with van der Waals surface area (Å²) in [5, 5.41) is 0. The number of carbonyl (C=O) groups excluding carboxylic acids is 3. The monoisotopic (exact) mass is 508 g/mol. The van der Waals surface area contributed by atoms with Gasteiger partial charge in [0, 0.05) is 52.1 Å². The summed E-state index contributed by atoms with van der Waals surface area (Å²) < 4.78 is 5.17. The highest BCUT2D eigenvalue weighted by atomic mass is 16.6. The molecule has 37 heavy (non-hydrogen) atoms. The number of likely N-dealkylation sites (tertiary alicyclic amines) is 2. The van der Waals surface area contributed by atoms with Gasteiger partial charge in [-0.1, -0.05) is 18.2 Å². The summed E-state index contributed by atoms with van der Waals surface area (Å²) in [4.78, 5) is 42.4. The minimum atomic E-state index is -0.435. The highest BCUT2D eigenvalue weighted by Gasteiger charge is 2.46. The Morgan fingerprint density at radius 1 is 1.00 bits per heavy atom. The van der Waals surface area contributed by atoms with E-state index in [1.165, 1.54) is 5.56 Å². The van der Waals surface area contributed by atoms with Crippen molar-refractivity contribution in [3.8, 4) is 11.1 Å². The maximum atomic E-state index is 12.6. The van der Waals surface area contributed by atoms with E-state index in [1.807, 2.05) is 28.9 Å². The number of piperidine rings is 2. The molecule has 1 spiro atoms. The zero-order valence-corrected chi connectivity index (χ0v) is 21.7. The molecule has 8 heteroatoms. The van der Waals surface area contributed by atoms with Gasteiger partial charge in [-0.2, -0.15) is 0 Å². The van der Waals surface area contributed by atoms with Gasteiger partial charge in [-0.15, -0.1) is 0 Å². The molecule has 2 saturated heterocycles. The van der Waals surface area contributed by atoms with Gasteiger partial charge in [-0.05, 0) is 86.7 Å². The maximum absolute atomic E-state index is 12.6. The fraction of sp³-hybridized carbons (Fsp3) is 0.483. The Kier molecular flexibility index (Phi) is 6.94. The molecule has 0 unspecified atom stereocenters. The zero-order valence-electron chi connectivity index (χ0n) is 21.7. The van der Waals surface area contributed by atoms with Crippen molar-refractivity contribution in [1.29, 1.82) is 0 Å². The molecule has 2 aromatic rings. The third kappa shape index (κ3) is 4.82. The second kappa shape index (κ2) is 10.2. The van der Waals surface area contributed by atoms with Crippen molar-refractivity contribution in [1.82, 2.24) is 9.80 Å². The summed E-state index contributed by atoms with van der Waals surface area (Å²) in [5.41, 5.74) is 10.2. The normalized spacial score (nSPS) is 19.6. The van der Waals surface area contributed by atoms with Crippen molar-refractivity contribution < 1.29 is 22.0 Å². The molecule has 2 N–H and O–H groups in total. The molecule has 2 aromatic carbocycles. The number of amides is 3. The molecule has 0 atom stereocenters. The van der Waals surface area contributed by atoms with E-state index < -0.39 is 5.91 Å². The summed E-state index contributed by atoms with van der Waals surface area (Å²) in [7, 11) is 0. The lowest BCUT2D eigenvalue weighted by atomic mass is 9.73. The van der Waals surface area contributed by atoms with Crippen LogP contribution in [-0.4, -0.2) is 73.1 Å². The standard InChI is InChI=1S/C29H36N4O4.2H2/c1-3-37-28(36)32-14-10-24(11-15-32)31-16-12-29(13-17-31)19-33(20(2)34)26-9-8-23(18-25(26)29)21-4-6-22(7-5-21)27(30)35;;/h4-9,18,24H,3,10-17,19H2,1-2H3,(H2,30,35);2*1H. The predicted molar refractivity (Wildman–Crippen MR) is 147 cm³/mol. The number of hydrogen-bond donors (Lipinski definition) is 1. The van der Waals surface area contributed by atoms with Crippen LogP contribution >= 0.6 is 0 Å². The van der Waals surface area contributed by atoms with Crippen LogP contribution in [0.2, 0.25) is 0 Å². The molecule has 0 saturated carbocycles. The Morgan fingerprint density at radius 3 is 2.24 bits per heavy atom. The number of nitrogens with two attached hydrogens (primary N) is 1. The Labute approximate surface area is 221 Å². The van der Waals surface area contributed by atoms with Crippen LogP contribution in [0.15, 0.2) is 42.5 Å². The molecule has 2 fully saturated rings. The van der Waals surface area contributed by atoms with E-state index in [9.17, 15) is 14.4 Å². The van der Waals surface area contributed by atoms with E-state index in [0.29, 0.717) is 18.2 Å². The van der Waals surface area contributed by atoms with Crippen LogP contribution in [0.3, 0.4) is 0 Å². The van der Waals surface area contributed by atoms with Crippen molar-refractivity contribution in [2.45, 2.75) is 51.0 Å². The average Bonchev–Trinajstić information content (AvgIpc) is 3.23. The molecule has 3 aliphatic heterocycles. The molecular formula is C29H40N4O4. The van der Waals surface area contributed by atoms with Gasteiger partial charge in [-0.25, -0.2) is 4.79 Å². The smallest absolute Gasteiger partial charge is 0.409 e. The second-order valence-electron chi connectivity index (χ2n) is 10.5. The summed E-state index contributed by atoms with van der Waals surface area (Å²) in [6.45, 7) is 8.05. The maximum Gasteiger partial charge on any atom is 0.409 e. The summed E-state index contributed by atoms with van der Waals surface area (Å²) in [6.07, 6.45) is 3.71. The van der Waals surface area contributed by atoms with Crippen molar-refractivity contribution in [3.05, 3.63) is 53.6 Å². The molecule has 5 rings (SSSR count). The van der Waals surface area contributed by atoms with Gasteiger partial charge in [0.25, 0.3) is 0 Å². The van der Waals surface area contributed by atoms with Crippen LogP contribution in [0.25, 0.3) is 11.1 Å². The molecule has 0 bridgehead atoms. The first kappa shape index (κ1) is 25.3. The lowest BCUT2D eigenvalue weighted by Crippen LogP contribution is -2.52. The molecule has 3 amide bonds. The number of hydrogen-bond acceptors (Lipinski definition) is 5. The minimum Gasteiger partial charge on any atom is -0.450 e. The first-order chi connectivity index (χ1) is 17.8. The summed E-state index contributed by atoms with van der Waals surface area (Å²) >= 11 is 0. The third-order valence-corrected chi connectivity index (χ3v) is 8.46. The predicted octanol–water partition coefficient (Wildman–Crippen LogP) is 4.27. The minimum absolute atomic E-state index is 0. The fourth-order valence-electron chi connectivity index (χ4n) is 6.33. The highest BCUT2D eigenvalue weighted by molar-refractivity contribution is 5.96. The van der Waals surface area contributed by atoms with Gasteiger partial charge in [0.2, 0.25) is 11.8 Å². The molecule has 0 aromatic heterocycles. The van der Waals surface area contributed by atoms with E-state index in [2.05, 4.69) is 23.1 Å². The van der Waals surface area contributed by atoms with Crippen LogP contribution < -0.4 is 10.6 Å². The van der Waals surface area contributed by atoms with Crippen LogP contribution in [0.5, 0.6) is 0 Å². The number of carbonyl (C=O) groups is 3. The molecule has 0 radical (unpaired) electrons. The van der Waals surface area contributed by atoms with Crippen LogP contribution in [0.1, 0.15) is 58.3 Å². The number of benzene rings is 2. The number of ether oxygens (including phenoxy) is 1. The van der Waals surface area contributed by atoms with Crippen molar-refractivity contribution in [3.63, 3.8) is 0 Å². The van der Waals surface area contributed by atoms with Gasteiger partial charge in [-0.3, -0.25) is 9.59 Å². The quantitative estimate of drug-likeness (QED) is 0.666. The van der Waals surface area contributed by atoms with Crippen LogP contribution in [0.4, 0.5) is 10.5 Å². The zero-order chi connectivity index (χ0) is 26.2. The SMILES string of the molecule is CCOC(=O)N1CCC(N2CCC3(CC2)CN(C(C)=O)c2ccc(-c4ccc(C(N)=O)cc4)cc23)CC1.[HH].[HH]. The van der Waals surface area contributed by atoms with E-state index in [-0.39, 0.29) is 20.3 Å². The number of nitrogens with zero attached hydrogens (tertiary/aromatic N) is 3. The number of fused-ring (bicyclic) bond motifs is 2. The number of anilines is 1. The van der Waals surface area contributed by atoms with Crippen molar-refractivity contribution >= 4 is 23.6 Å². The Balaban J connectivity index is 0.00000210. The average molecular weight is 509 g/mol. The van der Waals surface area contributed by atoms with Crippen LogP contribution in [-0.2, 0) is 14.9 Å². The Bertz CT molecular complexity index is 1190. The van der Waals surface area contributed by atoms with E-state index in [4.69, 9.17) is 10.5 Å². The lowest BCUT2D eigenvalue weighted by molar-refractivity contribution is -0.116. The summed E-state index contributed by atoms with van der Waals surface area (Å²) in [5.74, 6) is -0.361. The van der Waals surface area contributed by atoms with E-state index in [0.717, 1.165) is 75.2 Å². The first-order valence-electron chi connectivity index (χ1n) is 13.3. The van der Waals surface area contributed by atoms with E-state index in [1.54, 1.807) is 19.1 Å². The molecule has 8 nitrogen and oxygen atoms in total. The molecule has 200 valence electrons. The number of primary amides is 1.